The SMILES string of the molecule is O=C(c1ncc(F)cc1N1CC[C@]2(C[C@@H](O)c3cc(-c4ccccc4C4CC4)ccc32)C1)c1ncc(F)cc1N1CC[C@]2(C[C@@H](O)c3cc(-c4ccccc4C4CC4)ccc32)C1. The van der Waals surface area contributed by atoms with Crippen LogP contribution in [0.5, 0.6) is 0 Å². The van der Waals surface area contributed by atoms with Crippen molar-refractivity contribution in [3.8, 4) is 22.3 Å². The molecule has 2 saturated carbocycles. The van der Waals surface area contributed by atoms with Gasteiger partial charge in [-0.05, 0) is 131 Å². The number of aromatic nitrogens is 2. The van der Waals surface area contributed by atoms with E-state index in [9.17, 15) is 15.0 Å². The second-order valence-electron chi connectivity index (χ2n) is 19.0. The van der Waals surface area contributed by atoms with Gasteiger partial charge in [0.25, 0.3) is 0 Å². The van der Waals surface area contributed by atoms with Crippen molar-refractivity contribution in [3.05, 3.63) is 166 Å². The van der Waals surface area contributed by atoms with E-state index in [2.05, 4.69) is 94.9 Å². The van der Waals surface area contributed by atoms with Crippen LogP contribution in [0.15, 0.2) is 109 Å². The largest absolute Gasteiger partial charge is 0.388 e. The summed E-state index contributed by atoms with van der Waals surface area (Å²) in [6, 6.07) is 32.8. The van der Waals surface area contributed by atoms with E-state index < -0.39 is 29.6 Å². The first-order valence-electron chi connectivity index (χ1n) is 22.4. The van der Waals surface area contributed by atoms with E-state index in [0.717, 1.165) is 58.6 Å². The number of aliphatic hydroxyl groups is 2. The van der Waals surface area contributed by atoms with Crippen molar-refractivity contribution < 1.29 is 23.8 Å². The molecule has 2 N–H and O–H groups in total. The van der Waals surface area contributed by atoms with Crippen LogP contribution >= 0.6 is 0 Å². The molecule has 12 rings (SSSR count). The number of pyridine rings is 2. The van der Waals surface area contributed by atoms with Crippen LogP contribution in [0.2, 0.25) is 0 Å². The van der Waals surface area contributed by atoms with E-state index in [1.165, 1.54) is 60.1 Å². The molecule has 0 radical (unpaired) electrons. The highest BCUT2D eigenvalue weighted by Crippen LogP contribution is 2.55. The van der Waals surface area contributed by atoms with Crippen LogP contribution in [-0.4, -0.2) is 52.1 Å². The fourth-order valence-corrected chi connectivity index (χ4v) is 11.9. The minimum absolute atomic E-state index is 0.0594. The maximum atomic E-state index is 15.2. The van der Waals surface area contributed by atoms with Crippen molar-refractivity contribution in [1.82, 2.24) is 9.97 Å². The first kappa shape index (κ1) is 37.9. The van der Waals surface area contributed by atoms with Gasteiger partial charge in [-0.25, -0.2) is 18.7 Å². The zero-order valence-corrected chi connectivity index (χ0v) is 34.5. The Labute approximate surface area is 360 Å². The van der Waals surface area contributed by atoms with E-state index >= 15 is 8.78 Å². The highest BCUT2D eigenvalue weighted by Gasteiger charge is 2.50. The minimum Gasteiger partial charge on any atom is -0.388 e. The lowest BCUT2D eigenvalue weighted by Crippen LogP contribution is -2.31. The number of halogens is 2. The molecule has 62 heavy (non-hydrogen) atoms. The van der Waals surface area contributed by atoms with Gasteiger partial charge in [-0.15, -0.1) is 0 Å². The number of aliphatic hydroxyl groups excluding tert-OH is 2. The van der Waals surface area contributed by atoms with Crippen LogP contribution in [0.4, 0.5) is 20.2 Å². The van der Waals surface area contributed by atoms with Gasteiger partial charge in [0.1, 0.15) is 23.0 Å². The van der Waals surface area contributed by atoms with Crippen LogP contribution < -0.4 is 9.80 Å². The molecule has 6 aliphatic rings. The summed E-state index contributed by atoms with van der Waals surface area (Å²) in [7, 11) is 0. The molecule has 2 saturated heterocycles. The molecular weight excluding hydrogens is 779 g/mol. The molecule has 4 heterocycles. The summed E-state index contributed by atoms with van der Waals surface area (Å²) < 4.78 is 30.4. The smallest absolute Gasteiger partial charge is 0.233 e. The summed E-state index contributed by atoms with van der Waals surface area (Å²) in [5, 5.41) is 23.1. The number of carbonyl (C=O) groups excluding carboxylic acids is 1. The Morgan fingerprint density at radius 2 is 1.02 bits per heavy atom. The molecular formula is C53H48F2N4O3. The fourth-order valence-electron chi connectivity index (χ4n) is 11.9. The first-order chi connectivity index (χ1) is 30.2. The van der Waals surface area contributed by atoms with Crippen LogP contribution in [-0.2, 0) is 10.8 Å². The van der Waals surface area contributed by atoms with Crippen molar-refractivity contribution in [2.45, 2.75) is 86.2 Å². The standard InChI is InChI=1S/C53H48F2N4O3/c54-35-23-45(58-19-17-52(29-58)25-47(60)41-21-33(13-15-43(41)52)39-7-3-1-5-37(39)31-9-10-31)49(56-27-35)51(62)50-46(24-36(55)28-57-50)59-20-18-53(30-59)26-48(61)42-22-34(14-16-44(42)53)40-8-4-2-6-38(40)32-11-12-32/h1-8,13-16,21-24,27-28,31-32,47-48,60-61H,9-12,17-20,25-26,29-30H2/t47-,48-,52+,53+/m1/s1. The summed E-state index contributed by atoms with van der Waals surface area (Å²) in [5.74, 6) is -0.438. The van der Waals surface area contributed by atoms with Gasteiger partial charge in [-0.1, -0.05) is 72.8 Å². The molecule has 0 unspecified atom stereocenters. The third kappa shape index (κ3) is 6.14. The van der Waals surface area contributed by atoms with Crippen LogP contribution in [0, 0.1) is 11.6 Å². The first-order valence-corrected chi connectivity index (χ1v) is 22.4. The highest BCUT2D eigenvalue weighted by atomic mass is 19.1. The van der Waals surface area contributed by atoms with Gasteiger partial charge in [-0.3, -0.25) is 4.79 Å². The number of anilines is 2. The zero-order chi connectivity index (χ0) is 41.9. The number of rotatable bonds is 8. The second kappa shape index (κ2) is 14.1. The average Bonchev–Trinajstić information content (AvgIpc) is 4.21. The lowest BCUT2D eigenvalue weighted by Gasteiger charge is -2.28. The van der Waals surface area contributed by atoms with Crippen molar-refractivity contribution in [1.29, 1.82) is 0 Å². The minimum atomic E-state index is -0.640. The van der Waals surface area contributed by atoms with Gasteiger partial charge >= 0.3 is 0 Å². The third-order valence-corrected chi connectivity index (χ3v) is 15.2. The molecule has 4 aliphatic carbocycles. The Hall–Kier alpha value is -5.77. The molecule has 9 heteroatoms. The zero-order valence-electron chi connectivity index (χ0n) is 34.5. The quantitative estimate of drug-likeness (QED) is 0.148. The average molecular weight is 827 g/mol. The van der Waals surface area contributed by atoms with Crippen LogP contribution in [0.25, 0.3) is 22.3 Å². The van der Waals surface area contributed by atoms with Gasteiger partial charge < -0.3 is 20.0 Å². The Kier molecular flexibility index (Phi) is 8.65. The molecule has 7 nitrogen and oxygen atoms in total. The summed E-state index contributed by atoms with van der Waals surface area (Å²) in [5.41, 5.74) is 11.5. The molecule has 4 fully saturated rings. The summed E-state index contributed by atoms with van der Waals surface area (Å²) >= 11 is 0. The molecule has 0 amide bonds. The van der Waals surface area contributed by atoms with E-state index in [-0.39, 0.29) is 22.2 Å². The third-order valence-electron chi connectivity index (χ3n) is 15.2. The van der Waals surface area contributed by atoms with Gasteiger partial charge in [-0.2, -0.15) is 0 Å². The van der Waals surface area contributed by atoms with E-state index in [1.807, 2.05) is 9.80 Å². The lowest BCUT2D eigenvalue weighted by molar-refractivity contribution is 0.103. The molecule has 312 valence electrons. The van der Waals surface area contributed by atoms with Crippen LogP contribution in [0.1, 0.15) is 125 Å². The molecule has 0 bridgehead atoms. The number of ketones is 1. The van der Waals surface area contributed by atoms with Crippen molar-refractivity contribution in [2.24, 2.45) is 0 Å². The van der Waals surface area contributed by atoms with E-state index in [4.69, 9.17) is 0 Å². The summed E-state index contributed by atoms with van der Waals surface area (Å²) in [6.45, 7) is 2.04. The maximum Gasteiger partial charge on any atom is 0.233 e. The van der Waals surface area contributed by atoms with Crippen molar-refractivity contribution >= 4 is 17.2 Å². The number of carbonyl (C=O) groups is 1. The number of nitrogens with zero attached hydrogens (tertiary/aromatic N) is 4. The lowest BCUT2D eigenvalue weighted by atomic mass is 9.80. The number of hydrogen-bond donors (Lipinski definition) is 2. The molecule has 4 atom stereocenters. The van der Waals surface area contributed by atoms with Crippen LogP contribution in [0.3, 0.4) is 0 Å². The van der Waals surface area contributed by atoms with Gasteiger partial charge in [0.05, 0.1) is 36.0 Å². The predicted molar refractivity (Wildman–Crippen MR) is 236 cm³/mol. The van der Waals surface area contributed by atoms with Crippen molar-refractivity contribution in [2.75, 3.05) is 36.0 Å². The van der Waals surface area contributed by atoms with Gasteiger partial charge in [0.15, 0.2) is 0 Å². The predicted octanol–water partition coefficient (Wildman–Crippen LogP) is 10.2. The number of fused-ring (bicyclic) bond motifs is 4. The molecule has 2 aliphatic heterocycles. The fraction of sp³-hybridized carbons (Fsp3) is 0.340. The number of benzene rings is 4. The normalized spacial score (nSPS) is 25.0. The van der Waals surface area contributed by atoms with E-state index in [0.29, 0.717) is 62.2 Å². The molecule has 2 spiro atoms. The topological polar surface area (TPSA) is 89.8 Å². The Balaban J connectivity index is 0.830. The molecule has 2 aromatic heterocycles. The molecule has 4 aromatic carbocycles. The maximum absolute atomic E-state index is 15.2. The monoisotopic (exact) mass is 826 g/mol. The summed E-state index contributed by atoms with van der Waals surface area (Å²) in [4.78, 5) is 27.6. The Bertz CT molecular complexity index is 2630. The van der Waals surface area contributed by atoms with Gasteiger partial charge in [0.2, 0.25) is 5.78 Å². The summed E-state index contributed by atoms with van der Waals surface area (Å²) in [6.07, 6.45) is 8.16. The Morgan fingerprint density at radius 3 is 1.45 bits per heavy atom. The number of hydrogen-bond acceptors (Lipinski definition) is 7. The van der Waals surface area contributed by atoms with Gasteiger partial charge in [0, 0.05) is 49.1 Å². The highest BCUT2D eigenvalue weighted by molar-refractivity contribution is 6.13. The molecule has 6 aromatic rings. The van der Waals surface area contributed by atoms with E-state index in [1.54, 1.807) is 0 Å². The Morgan fingerprint density at radius 1 is 0.581 bits per heavy atom. The second-order valence-corrected chi connectivity index (χ2v) is 19.0. The van der Waals surface area contributed by atoms with Crippen molar-refractivity contribution in [3.63, 3.8) is 0 Å².